The van der Waals surface area contributed by atoms with Gasteiger partial charge in [0.15, 0.2) is 11.6 Å². The Morgan fingerprint density at radius 1 is 1.14 bits per heavy atom. The largest absolute Gasteiger partial charge is 0.494 e. The molecule has 0 radical (unpaired) electrons. The molecule has 1 aromatic carbocycles. The summed E-state index contributed by atoms with van der Waals surface area (Å²) in [6.45, 7) is 2.05. The Bertz CT molecular complexity index is 1270. The molecule has 3 aromatic rings. The van der Waals surface area contributed by atoms with Crippen LogP contribution in [0.15, 0.2) is 30.6 Å². The zero-order chi connectivity index (χ0) is 25.9. The van der Waals surface area contributed by atoms with E-state index < -0.39 is 21.4 Å². The summed E-state index contributed by atoms with van der Waals surface area (Å²) in [4.78, 5) is 8.23. The van der Waals surface area contributed by atoms with Crippen molar-refractivity contribution in [3.05, 3.63) is 47.3 Å². The number of sulfonamides is 1. The fraction of sp³-hybridized carbons (Fsp3) is 0.455. The van der Waals surface area contributed by atoms with Gasteiger partial charge in [-0.1, -0.05) is 17.7 Å². The molecule has 1 saturated heterocycles. The van der Waals surface area contributed by atoms with Crippen molar-refractivity contribution in [3.63, 3.8) is 0 Å². The lowest BCUT2D eigenvalue weighted by Gasteiger charge is -2.23. The van der Waals surface area contributed by atoms with Crippen LogP contribution in [0.5, 0.6) is 11.5 Å². The Kier molecular flexibility index (Phi) is 7.93. The Morgan fingerprint density at radius 3 is 2.36 bits per heavy atom. The van der Waals surface area contributed by atoms with Crippen molar-refractivity contribution in [1.82, 2.24) is 24.7 Å². The summed E-state index contributed by atoms with van der Waals surface area (Å²) in [6.07, 6.45) is 2.95. The second-order valence-corrected chi connectivity index (χ2v) is 10.5. The number of aromatic nitrogens is 5. The van der Waals surface area contributed by atoms with Gasteiger partial charge in [-0.2, -0.15) is 0 Å². The number of benzene rings is 1. The van der Waals surface area contributed by atoms with Crippen LogP contribution in [0.2, 0.25) is 5.02 Å². The Balaban J connectivity index is 1.77. The molecular formula is C22H27ClN6O6S. The minimum absolute atomic E-state index is 0.0537. The smallest absolute Gasteiger partial charge is 0.243 e. The molecule has 1 aliphatic heterocycles. The van der Waals surface area contributed by atoms with E-state index >= 15 is 0 Å². The molecule has 2 aromatic heterocycles. The van der Waals surface area contributed by atoms with Gasteiger partial charge >= 0.3 is 0 Å². The third-order valence-electron chi connectivity index (χ3n) is 5.83. The van der Waals surface area contributed by atoms with Gasteiger partial charge in [0, 0.05) is 26.1 Å². The van der Waals surface area contributed by atoms with E-state index in [0.717, 1.165) is 6.42 Å². The van der Waals surface area contributed by atoms with Crippen LogP contribution in [0.1, 0.15) is 43.6 Å². The third-order valence-corrected chi connectivity index (χ3v) is 7.72. The number of anilines is 1. The zero-order valence-electron chi connectivity index (χ0n) is 20.2. The van der Waals surface area contributed by atoms with Gasteiger partial charge in [0.05, 0.1) is 19.2 Å². The molecular weight excluding hydrogens is 512 g/mol. The highest BCUT2D eigenvalue weighted by Gasteiger charge is 2.36. The molecule has 3 heterocycles. The summed E-state index contributed by atoms with van der Waals surface area (Å²) in [7, 11) is 0.304. The molecule has 1 unspecified atom stereocenters. The van der Waals surface area contributed by atoms with E-state index in [4.69, 9.17) is 30.5 Å². The van der Waals surface area contributed by atoms with Crippen LogP contribution in [0.3, 0.4) is 0 Å². The van der Waals surface area contributed by atoms with Crippen LogP contribution in [0.25, 0.3) is 5.69 Å². The van der Waals surface area contributed by atoms with Gasteiger partial charge in [-0.05, 0) is 31.9 Å². The first-order valence-electron chi connectivity index (χ1n) is 11.1. The number of hydrogen-bond acceptors (Lipinski definition) is 10. The standard InChI is InChI=1S/C22H27ClN6O6S/c1-13(19(34-4)20-24-11-14(23)12-25-20)36(30,31)28-22-27-26-21(17-9-6-10-35-17)29(22)18-15(32-2)7-5-8-16(18)33-3/h5,7-8,11-13,17,19H,6,9-10H2,1-4H3,(H,27,28)/t13-,17?,19-/m0/s1. The first kappa shape index (κ1) is 26.1. The molecule has 0 saturated carbocycles. The summed E-state index contributed by atoms with van der Waals surface area (Å²) in [5, 5.41) is 7.66. The minimum atomic E-state index is -4.10. The van der Waals surface area contributed by atoms with Crippen molar-refractivity contribution < 1.29 is 27.4 Å². The Hall–Kier alpha value is -3.00. The summed E-state index contributed by atoms with van der Waals surface area (Å²) in [5.74, 6) is 1.41. The van der Waals surface area contributed by atoms with Gasteiger partial charge in [-0.25, -0.2) is 18.4 Å². The molecule has 1 aliphatic rings. The van der Waals surface area contributed by atoms with Crippen molar-refractivity contribution in [3.8, 4) is 17.2 Å². The van der Waals surface area contributed by atoms with E-state index in [0.29, 0.717) is 41.1 Å². The maximum absolute atomic E-state index is 13.5. The summed E-state index contributed by atoms with van der Waals surface area (Å²) < 4.78 is 53.6. The van der Waals surface area contributed by atoms with Crippen molar-refractivity contribution in [2.75, 3.05) is 32.7 Å². The molecule has 0 amide bonds. The maximum atomic E-state index is 13.5. The van der Waals surface area contributed by atoms with Crippen molar-refractivity contribution >= 4 is 27.6 Å². The van der Waals surface area contributed by atoms with E-state index in [1.807, 2.05) is 0 Å². The second-order valence-electron chi connectivity index (χ2n) is 8.00. The number of hydrogen-bond donors (Lipinski definition) is 1. The zero-order valence-corrected chi connectivity index (χ0v) is 21.8. The number of para-hydroxylation sites is 1. The molecule has 4 rings (SSSR count). The Morgan fingerprint density at radius 2 is 1.81 bits per heavy atom. The van der Waals surface area contributed by atoms with Crippen LogP contribution in [0.4, 0.5) is 5.95 Å². The summed E-state index contributed by atoms with van der Waals surface area (Å²) >= 11 is 5.87. The molecule has 194 valence electrons. The first-order valence-corrected chi connectivity index (χ1v) is 13.0. The lowest BCUT2D eigenvalue weighted by Crippen LogP contribution is -2.33. The highest BCUT2D eigenvalue weighted by Crippen LogP contribution is 2.39. The van der Waals surface area contributed by atoms with Gasteiger partial charge in [0.25, 0.3) is 0 Å². The minimum Gasteiger partial charge on any atom is -0.494 e. The number of halogens is 1. The van der Waals surface area contributed by atoms with E-state index in [2.05, 4.69) is 24.9 Å². The molecule has 3 atom stereocenters. The van der Waals surface area contributed by atoms with Crippen molar-refractivity contribution in [2.24, 2.45) is 0 Å². The molecule has 0 aliphatic carbocycles. The second kappa shape index (κ2) is 10.9. The summed E-state index contributed by atoms with van der Waals surface area (Å²) in [6, 6.07) is 5.23. The van der Waals surface area contributed by atoms with Gasteiger partial charge in [0.2, 0.25) is 16.0 Å². The highest BCUT2D eigenvalue weighted by molar-refractivity contribution is 7.93. The topological polar surface area (TPSA) is 140 Å². The van der Waals surface area contributed by atoms with Gasteiger partial charge in [-0.3, -0.25) is 9.29 Å². The SMILES string of the molecule is COc1cccc(OC)c1-n1c(NS(=O)(=O)[C@@H](C)[C@H](OC)c2ncc(Cl)cn2)nnc1C1CCCO1. The lowest BCUT2D eigenvalue weighted by molar-refractivity contribution is 0.0950. The molecule has 36 heavy (non-hydrogen) atoms. The maximum Gasteiger partial charge on any atom is 0.243 e. The molecule has 14 heteroatoms. The molecule has 1 N–H and O–H groups in total. The number of methoxy groups -OCH3 is 3. The number of nitrogens with zero attached hydrogens (tertiary/aromatic N) is 5. The van der Waals surface area contributed by atoms with E-state index in [9.17, 15) is 8.42 Å². The van der Waals surface area contributed by atoms with Crippen molar-refractivity contribution in [1.29, 1.82) is 0 Å². The van der Waals surface area contributed by atoms with Crippen LogP contribution in [0, 0.1) is 0 Å². The van der Waals surface area contributed by atoms with Crippen LogP contribution >= 0.6 is 11.6 Å². The first-order chi connectivity index (χ1) is 17.3. The average Bonchev–Trinajstić information content (AvgIpc) is 3.54. The lowest BCUT2D eigenvalue weighted by atomic mass is 10.2. The van der Waals surface area contributed by atoms with E-state index in [-0.39, 0.29) is 17.9 Å². The molecule has 12 nitrogen and oxygen atoms in total. The average molecular weight is 539 g/mol. The molecule has 1 fully saturated rings. The van der Waals surface area contributed by atoms with Gasteiger partial charge in [-0.15, -0.1) is 10.2 Å². The summed E-state index contributed by atoms with van der Waals surface area (Å²) in [5.41, 5.74) is 0.438. The fourth-order valence-corrected chi connectivity index (χ4v) is 5.21. The van der Waals surface area contributed by atoms with E-state index in [1.165, 1.54) is 40.6 Å². The third kappa shape index (κ3) is 5.09. The molecule has 0 spiro atoms. The van der Waals surface area contributed by atoms with Crippen LogP contribution < -0.4 is 14.2 Å². The highest BCUT2D eigenvalue weighted by atomic mass is 35.5. The number of nitrogens with one attached hydrogen (secondary N) is 1. The van der Waals surface area contributed by atoms with Gasteiger partial charge < -0.3 is 18.9 Å². The van der Waals surface area contributed by atoms with Crippen molar-refractivity contribution in [2.45, 2.75) is 37.2 Å². The van der Waals surface area contributed by atoms with E-state index in [1.54, 1.807) is 22.8 Å². The quantitative estimate of drug-likeness (QED) is 0.409. The normalized spacial score (nSPS) is 17.5. The predicted octanol–water partition coefficient (Wildman–Crippen LogP) is 3.10. The molecule has 0 bridgehead atoms. The fourth-order valence-electron chi connectivity index (χ4n) is 3.98. The number of rotatable bonds is 10. The Labute approximate surface area is 214 Å². The van der Waals surface area contributed by atoms with Crippen LogP contribution in [-0.4, -0.2) is 66.3 Å². The number of ether oxygens (including phenoxy) is 4. The van der Waals surface area contributed by atoms with Crippen LogP contribution in [-0.2, 0) is 19.5 Å². The predicted molar refractivity (Wildman–Crippen MR) is 131 cm³/mol. The monoisotopic (exact) mass is 538 g/mol. The van der Waals surface area contributed by atoms with Gasteiger partial charge in [0.1, 0.15) is 34.6 Å².